The number of hydrogen-bond donors (Lipinski definition) is 1. The van der Waals surface area contributed by atoms with Crippen LogP contribution in [0.4, 0.5) is 8.78 Å². The van der Waals surface area contributed by atoms with E-state index in [-0.39, 0.29) is 24.1 Å². The zero-order valence-electron chi connectivity index (χ0n) is 17.2. The lowest BCUT2D eigenvalue weighted by Crippen LogP contribution is -2.33. The van der Waals surface area contributed by atoms with Crippen LogP contribution in [-0.4, -0.2) is 28.5 Å². The molecule has 0 unspecified atom stereocenters. The second-order valence-corrected chi connectivity index (χ2v) is 7.43. The smallest absolute Gasteiger partial charge is 0.244 e. The highest BCUT2D eigenvalue weighted by atomic mass is 19.1. The number of carbonyl (C=O) groups excluding carboxylic acids is 1. The molecule has 0 spiro atoms. The number of benzene rings is 2. The van der Waals surface area contributed by atoms with Crippen molar-refractivity contribution in [3.8, 4) is 17.0 Å². The van der Waals surface area contributed by atoms with Crippen molar-refractivity contribution in [1.82, 2.24) is 15.3 Å². The third-order valence-electron chi connectivity index (χ3n) is 5.03. The number of ether oxygens (including phenoxy) is 1. The first-order chi connectivity index (χ1) is 14.9. The summed E-state index contributed by atoms with van der Waals surface area (Å²) in [6.45, 7) is 3.89. The van der Waals surface area contributed by atoms with Gasteiger partial charge >= 0.3 is 0 Å². The van der Waals surface area contributed by atoms with Crippen LogP contribution in [-0.2, 0) is 11.2 Å². The average molecular weight is 421 g/mol. The zero-order chi connectivity index (χ0) is 22.0. The Kier molecular flexibility index (Phi) is 5.75. The number of carbonyl (C=O) groups is 1. The predicted octanol–water partition coefficient (Wildman–Crippen LogP) is 4.17. The van der Waals surface area contributed by atoms with Crippen molar-refractivity contribution >= 4 is 12.0 Å². The van der Waals surface area contributed by atoms with E-state index in [2.05, 4.69) is 15.3 Å². The molecule has 2 aromatic carbocycles. The molecule has 5 nitrogen and oxygen atoms in total. The molecule has 1 aliphatic rings. The van der Waals surface area contributed by atoms with Gasteiger partial charge in [0.1, 0.15) is 23.5 Å². The summed E-state index contributed by atoms with van der Waals surface area (Å²) in [5.41, 5.74) is 3.87. The highest BCUT2D eigenvalue weighted by molar-refractivity contribution is 5.91. The molecule has 0 aliphatic carbocycles. The van der Waals surface area contributed by atoms with Gasteiger partial charge in [-0.3, -0.25) is 9.78 Å². The van der Waals surface area contributed by atoms with E-state index in [0.29, 0.717) is 34.6 Å². The van der Waals surface area contributed by atoms with Crippen LogP contribution >= 0.6 is 0 Å². The molecule has 1 amide bonds. The summed E-state index contributed by atoms with van der Waals surface area (Å²) < 4.78 is 33.7. The molecule has 3 aromatic rings. The van der Waals surface area contributed by atoms with Gasteiger partial charge in [-0.05, 0) is 49.8 Å². The van der Waals surface area contributed by atoms with Crippen molar-refractivity contribution in [2.45, 2.75) is 26.4 Å². The third-order valence-corrected chi connectivity index (χ3v) is 5.03. The SMILES string of the molecule is Cc1cnc(C)c(-c2ccc(F)c3c2O[C@H](CNC(=O)/C=C/c2cccc(F)c2)C3)n1. The lowest BCUT2D eigenvalue weighted by Gasteiger charge is -2.13. The van der Waals surface area contributed by atoms with Crippen molar-refractivity contribution in [2.75, 3.05) is 6.54 Å². The maximum Gasteiger partial charge on any atom is 0.244 e. The van der Waals surface area contributed by atoms with Gasteiger partial charge < -0.3 is 10.1 Å². The predicted molar refractivity (Wildman–Crippen MR) is 113 cm³/mol. The minimum absolute atomic E-state index is 0.207. The summed E-state index contributed by atoms with van der Waals surface area (Å²) in [5, 5.41) is 2.75. The van der Waals surface area contributed by atoms with E-state index in [1.165, 1.54) is 30.4 Å². The van der Waals surface area contributed by atoms with Crippen LogP contribution < -0.4 is 10.1 Å². The molecule has 0 radical (unpaired) electrons. The Hall–Kier alpha value is -3.61. The Balaban J connectivity index is 1.45. The molecule has 2 heterocycles. The minimum atomic E-state index is -0.407. The average Bonchev–Trinajstić information content (AvgIpc) is 3.18. The van der Waals surface area contributed by atoms with Gasteiger partial charge in [0.15, 0.2) is 0 Å². The highest BCUT2D eigenvalue weighted by Crippen LogP contribution is 2.40. The fraction of sp³-hybridized carbons (Fsp3) is 0.208. The lowest BCUT2D eigenvalue weighted by atomic mass is 10.0. The number of halogens is 2. The topological polar surface area (TPSA) is 64.1 Å². The van der Waals surface area contributed by atoms with Gasteiger partial charge in [-0.1, -0.05) is 12.1 Å². The fourth-order valence-electron chi connectivity index (χ4n) is 3.51. The molecular weight excluding hydrogens is 400 g/mol. The summed E-state index contributed by atoms with van der Waals surface area (Å²) in [6.07, 6.45) is 4.46. The van der Waals surface area contributed by atoms with Crippen LogP contribution in [0, 0.1) is 25.5 Å². The standard InChI is InChI=1S/C24H21F2N3O2/c1-14-12-27-15(2)23(29-14)19-7-8-21(26)20-11-18(31-24(19)20)13-28-22(30)9-6-16-4-3-5-17(25)10-16/h3-10,12,18H,11,13H2,1-2H3,(H,28,30)/b9-6+/t18-/m0/s1. The minimum Gasteiger partial charge on any atom is -0.487 e. The van der Waals surface area contributed by atoms with Gasteiger partial charge in [0.05, 0.1) is 23.6 Å². The largest absolute Gasteiger partial charge is 0.487 e. The molecule has 31 heavy (non-hydrogen) atoms. The molecule has 1 N–H and O–H groups in total. The molecule has 4 rings (SSSR count). The third kappa shape index (κ3) is 4.60. The summed E-state index contributed by atoms with van der Waals surface area (Å²) in [4.78, 5) is 21.0. The van der Waals surface area contributed by atoms with Crippen molar-refractivity contribution in [3.05, 3.63) is 82.8 Å². The molecule has 1 aliphatic heterocycles. The monoisotopic (exact) mass is 421 g/mol. The van der Waals surface area contributed by atoms with Crippen LogP contribution in [0.15, 0.2) is 48.7 Å². The van der Waals surface area contributed by atoms with Crippen molar-refractivity contribution in [1.29, 1.82) is 0 Å². The van der Waals surface area contributed by atoms with Crippen LogP contribution in [0.2, 0.25) is 0 Å². The Morgan fingerprint density at radius 1 is 1.26 bits per heavy atom. The maximum atomic E-state index is 14.4. The van der Waals surface area contributed by atoms with E-state index in [1.54, 1.807) is 24.4 Å². The number of nitrogens with zero attached hydrogens (tertiary/aromatic N) is 2. The van der Waals surface area contributed by atoms with Gasteiger partial charge in [-0.25, -0.2) is 13.8 Å². The maximum absolute atomic E-state index is 14.4. The molecule has 7 heteroatoms. The van der Waals surface area contributed by atoms with Crippen molar-refractivity contribution in [2.24, 2.45) is 0 Å². The fourth-order valence-corrected chi connectivity index (χ4v) is 3.51. The van der Waals surface area contributed by atoms with Gasteiger partial charge in [0.2, 0.25) is 5.91 Å². The summed E-state index contributed by atoms with van der Waals surface area (Å²) in [7, 11) is 0. The van der Waals surface area contributed by atoms with Gasteiger partial charge in [0, 0.05) is 29.8 Å². The zero-order valence-corrected chi connectivity index (χ0v) is 17.2. The van der Waals surface area contributed by atoms with E-state index in [9.17, 15) is 13.6 Å². The first kappa shape index (κ1) is 20.7. The van der Waals surface area contributed by atoms with E-state index in [0.717, 1.165) is 11.4 Å². The lowest BCUT2D eigenvalue weighted by molar-refractivity contribution is -0.116. The normalized spacial score (nSPS) is 15.0. The van der Waals surface area contributed by atoms with Crippen LogP contribution in [0.5, 0.6) is 5.75 Å². The number of rotatable bonds is 5. The molecule has 0 fully saturated rings. The molecule has 0 saturated heterocycles. The molecule has 158 valence electrons. The van der Waals surface area contributed by atoms with Crippen molar-refractivity contribution < 1.29 is 18.3 Å². The number of aromatic nitrogens is 2. The Morgan fingerprint density at radius 2 is 2.10 bits per heavy atom. The number of aryl methyl sites for hydroxylation is 2. The van der Waals surface area contributed by atoms with Crippen LogP contribution in [0.25, 0.3) is 17.3 Å². The Morgan fingerprint density at radius 3 is 2.90 bits per heavy atom. The summed E-state index contributed by atoms with van der Waals surface area (Å²) in [6, 6.07) is 8.99. The van der Waals surface area contributed by atoms with E-state index in [1.807, 2.05) is 13.8 Å². The molecular formula is C24H21F2N3O2. The second-order valence-electron chi connectivity index (χ2n) is 7.43. The first-order valence-electron chi connectivity index (χ1n) is 9.91. The molecule has 0 saturated carbocycles. The number of nitrogens with one attached hydrogen (secondary N) is 1. The van der Waals surface area contributed by atoms with Gasteiger partial charge in [-0.15, -0.1) is 0 Å². The number of amides is 1. The molecule has 1 atom stereocenters. The molecule has 1 aromatic heterocycles. The first-order valence-corrected chi connectivity index (χ1v) is 9.91. The quantitative estimate of drug-likeness (QED) is 0.628. The van der Waals surface area contributed by atoms with Crippen molar-refractivity contribution in [3.63, 3.8) is 0 Å². The van der Waals surface area contributed by atoms with Gasteiger partial charge in [-0.2, -0.15) is 0 Å². The van der Waals surface area contributed by atoms with Crippen LogP contribution in [0.1, 0.15) is 22.5 Å². The Labute approximate surface area is 178 Å². The second kappa shape index (κ2) is 8.63. The Bertz CT molecular complexity index is 1180. The van der Waals surface area contributed by atoms with E-state index in [4.69, 9.17) is 4.74 Å². The van der Waals surface area contributed by atoms with E-state index >= 15 is 0 Å². The van der Waals surface area contributed by atoms with Crippen LogP contribution in [0.3, 0.4) is 0 Å². The number of fused-ring (bicyclic) bond motifs is 1. The molecule has 0 bridgehead atoms. The van der Waals surface area contributed by atoms with E-state index < -0.39 is 6.10 Å². The number of hydrogen-bond acceptors (Lipinski definition) is 4. The summed E-state index contributed by atoms with van der Waals surface area (Å²) in [5.74, 6) is -0.620. The van der Waals surface area contributed by atoms with Gasteiger partial charge in [0.25, 0.3) is 0 Å². The summed E-state index contributed by atoms with van der Waals surface area (Å²) >= 11 is 0. The highest BCUT2D eigenvalue weighted by Gasteiger charge is 2.30.